The maximum Gasteiger partial charge on any atom is 0.226 e. The van der Waals surface area contributed by atoms with Crippen molar-refractivity contribution in [2.24, 2.45) is 0 Å². The molecule has 0 radical (unpaired) electrons. The predicted octanol–water partition coefficient (Wildman–Crippen LogP) is 3.42. The van der Waals surface area contributed by atoms with Gasteiger partial charge in [0.25, 0.3) is 0 Å². The molecule has 3 N–H and O–H groups in total. The van der Waals surface area contributed by atoms with Crippen LogP contribution < -0.4 is 20.9 Å². The number of morpholine rings is 1. The zero-order chi connectivity index (χ0) is 26.1. The van der Waals surface area contributed by atoms with Crippen LogP contribution in [0.1, 0.15) is 13.8 Å². The predicted molar refractivity (Wildman–Crippen MR) is 144 cm³/mol. The second kappa shape index (κ2) is 10.6. The monoisotopic (exact) mass is 527 g/mol. The second-order valence-electron chi connectivity index (χ2n) is 9.52. The summed E-state index contributed by atoms with van der Waals surface area (Å²) in [6.07, 6.45) is 2.57. The Kier molecular flexibility index (Phi) is 7.27. The van der Waals surface area contributed by atoms with E-state index in [0.29, 0.717) is 61.4 Å². The molecule has 196 valence electrons. The number of likely N-dealkylation sites (N-methyl/N-ethyl adjacent to an activating group) is 1. The topological polar surface area (TPSA) is 109 Å². The van der Waals surface area contributed by atoms with Crippen LogP contribution in [0.5, 0.6) is 0 Å². The molecule has 0 bridgehead atoms. The first-order valence-corrected chi connectivity index (χ1v) is 12.7. The second-order valence-corrected chi connectivity index (χ2v) is 9.88. The number of aromatic nitrogens is 4. The summed E-state index contributed by atoms with van der Waals surface area (Å²) in [5.74, 6) is 0.361. The van der Waals surface area contributed by atoms with Gasteiger partial charge in [0, 0.05) is 43.8 Å². The zero-order valence-corrected chi connectivity index (χ0v) is 21.9. The SMILES string of the molecule is C[C@@H]1CN(c2ccc(-c3nc(N4CCOCC4)ncc3F)cc2Nc2ncnc(Cl)c2N)C[C@H](C)N1C. The number of benzene rings is 1. The lowest BCUT2D eigenvalue weighted by Crippen LogP contribution is -2.55. The van der Waals surface area contributed by atoms with Gasteiger partial charge in [-0.3, -0.25) is 4.90 Å². The van der Waals surface area contributed by atoms with E-state index in [1.165, 1.54) is 12.5 Å². The standard InChI is InChI=1S/C25H31ClFN9O/c1-15-12-36(13-16(2)34(15)3)20-5-4-17(10-19(20)32-24-21(28)23(26)30-14-31-24)22-18(27)11-29-25(33-22)35-6-8-37-9-7-35/h4-5,10-11,14-16H,6-9,12-13,28H2,1-3H3,(H,30,31,32)/t15-,16+. The summed E-state index contributed by atoms with van der Waals surface area (Å²) in [7, 11) is 2.14. The molecule has 4 heterocycles. The Balaban J connectivity index is 1.56. The highest BCUT2D eigenvalue weighted by atomic mass is 35.5. The average molecular weight is 528 g/mol. The van der Waals surface area contributed by atoms with Gasteiger partial charge in [-0.2, -0.15) is 0 Å². The lowest BCUT2D eigenvalue weighted by atomic mass is 10.0. The number of ether oxygens (including phenoxy) is 1. The van der Waals surface area contributed by atoms with E-state index in [1.807, 2.05) is 23.1 Å². The van der Waals surface area contributed by atoms with Crippen molar-refractivity contribution in [1.82, 2.24) is 24.8 Å². The van der Waals surface area contributed by atoms with E-state index in [1.54, 1.807) is 0 Å². The highest BCUT2D eigenvalue weighted by molar-refractivity contribution is 6.32. The summed E-state index contributed by atoms with van der Waals surface area (Å²) in [6.45, 7) is 8.56. The minimum Gasteiger partial charge on any atom is -0.393 e. The minimum atomic E-state index is -0.498. The third-order valence-electron chi connectivity index (χ3n) is 7.08. The van der Waals surface area contributed by atoms with Crippen molar-refractivity contribution in [3.8, 4) is 11.3 Å². The van der Waals surface area contributed by atoms with Crippen molar-refractivity contribution >= 4 is 40.4 Å². The van der Waals surface area contributed by atoms with Crippen molar-refractivity contribution < 1.29 is 9.13 Å². The number of anilines is 5. The first-order valence-electron chi connectivity index (χ1n) is 12.3. The number of nitrogens with zero attached hydrogens (tertiary/aromatic N) is 7. The van der Waals surface area contributed by atoms with Crippen molar-refractivity contribution in [3.63, 3.8) is 0 Å². The molecule has 2 aromatic heterocycles. The molecule has 0 unspecified atom stereocenters. The molecule has 2 aliphatic rings. The summed E-state index contributed by atoms with van der Waals surface area (Å²) in [5.41, 5.74) is 8.90. The van der Waals surface area contributed by atoms with E-state index in [-0.39, 0.29) is 16.5 Å². The fraction of sp³-hybridized carbons (Fsp3) is 0.440. The van der Waals surface area contributed by atoms with Gasteiger partial charge < -0.3 is 25.6 Å². The number of nitrogens with two attached hydrogens (primary N) is 1. The van der Waals surface area contributed by atoms with Gasteiger partial charge in [-0.25, -0.2) is 24.3 Å². The molecule has 2 saturated heterocycles. The van der Waals surface area contributed by atoms with Crippen molar-refractivity contribution in [3.05, 3.63) is 41.7 Å². The number of rotatable bonds is 5. The molecule has 2 fully saturated rings. The zero-order valence-electron chi connectivity index (χ0n) is 21.2. The molecule has 1 aromatic carbocycles. The Labute approximate surface area is 220 Å². The largest absolute Gasteiger partial charge is 0.393 e. The molecule has 10 nitrogen and oxygen atoms in total. The maximum atomic E-state index is 15.0. The molecular formula is C25H31ClFN9O. The minimum absolute atomic E-state index is 0.161. The first kappa shape index (κ1) is 25.4. The Hall–Kier alpha value is -3.28. The third kappa shape index (κ3) is 5.25. The van der Waals surface area contributed by atoms with Gasteiger partial charge in [-0.15, -0.1) is 0 Å². The van der Waals surface area contributed by atoms with Gasteiger partial charge in [0.1, 0.15) is 17.7 Å². The molecule has 3 aromatic rings. The Morgan fingerprint density at radius 3 is 2.54 bits per heavy atom. The molecule has 0 amide bonds. The van der Waals surface area contributed by atoms with Gasteiger partial charge in [-0.05, 0) is 33.0 Å². The van der Waals surface area contributed by atoms with Gasteiger partial charge in [0.05, 0.1) is 30.8 Å². The Morgan fingerprint density at radius 2 is 1.81 bits per heavy atom. The van der Waals surface area contributed by atoms with Crippen molar-refractivity contribution in [2.75, 3.05) is 67.3 Å². The van der Waals surface area contributed by atoms with Crippen LogP contribution in [0.2, 0.25) is 5.15 Å². The number of halogens is 2. The molecule has 0 spiro atoms. The van der Waals surface area contributed by atoms with Gasteiger partial charge in [-0.1, -0.05) is 17.7 Å². The van der Waals surface area contributed by atoms with E-state index < -0.39 is 5.82 Å². The summed E-state index contributed by atoms with van der Waals surface area (Å²) in [4.78, 5) is 23.7. The highest BCUT2D eigenvalue weighted by Crippen LogP contribution is 2.37. The maximum absolute atomic E-state index is 15.0. The summed E-state index contributed by atoms with van der Waals surface area (Å²) in [5, 5.41) is 3.48. The van der Waals surface area contributed by atoms with Crippen LogP contribution >= 0.6 is 11.6 Å². The molecule has 2 aliphatic heterocycles. The molecule has 0 aliphatic carbocycles. The quantitative estimate of drug-likeness (QED) is 0.479. The molecular weight excluding hydrogens is 497 g/mol. The number of piperazine rings is 1. The van der Waals surface area contributed by atoms with Crippen molar-refractivity contribution in [1.29, 1.82) is 0 Å². The van der Waals surface area contributed by atoms with Crippen LogP contribution in [0.15, 0.2) is 30.7 Å². The van der Waals surface area contributed by atoms with Crippen LogP contribution in [0, 0.1) is 5.82 Å². The highest BCUT2D eigenvalue weighted by Gasteiger charge is 2.28. The van der Waals surface area contributed by atoms with Crippen LogP contribution in [0.4, 0.5) is 33.2 Å². The van der Waals surface area contributed by atoms with Gasteiger partial charge in [0.2, 0.25) is 5.95 Å². The van der Waals surface area contributed by atoms with Gasteiger partial charge >= 0.3 is 0 Å². The number of hydrogen-bond acceptors (Lipinski definition) is 10. The number of nitrogens with one attached hydrogen (secondary N) is 1. The number of hydrogen-bond donors (Lipinski definition) is 2. The van der Waals surface area contributed by atoms with Crippen LogP contribution in [-0.2, 0) is 4.74 Å². The fourth-order valence-electron chi connectivity index (χ4n) is 4.74. The van der Waals surface area contributed by atoms with E-state index in [9.17, 15) is 0 Å². The van der Waals surface area contributed by atoms with Crippen LogP contribution in [0.25, 0.3) is 11.3 Å². The average Bonchev–Trinajstić information content (AvgIpc) is 2.90. The van der Waals surface area contributed by atoms with Crippen LogP contribution in [-0.4, -0.2) is 83.4 Å². The summed E-state index contributed by atoms with van der Waals surface area (Å²) < 4.78 is 20.5. The lowest BCUT2D eigenvalue weighted by Gasteiger charge is -2.44. The van der Waals surface area contributed by atoms with Gasteiger partial charge in [0.15, 0.2) is 16.8 Å². The molecule has 2 atom stereocenters. The van der Waals surface area contributed by atoms with E-state index >= 15 is 4.39 Å². The smallest absolute Gasteiger partial charge is 0.226 e. The lowest BCUT2D eigenvalue weighted by molar-refractivity contribution is 0.122. The Bertz CT molecular complexity index is 1260. The normalized spacial score (nSPS) is 20.8. The molecule has 37 heavy (non-hydrogen) atoms. The van der Waals surface area contributed by atoms with Crippen LogP contribution in [0.3, 0.4) is 0 Å². The summed E-state index contributed by atoms with van der Waals surface area (Å²) in [6, 6.07) is 6.44. The number of nitrogen functional groups attached to an aromatic ring is 1. The summed E-state index contributed by atoms with van der Waals surface area (Å²) >= 11 is 6.15. The Morgan fingerprint density at radius 1 is 1.08 bits per heavy atom. The van der Waals surface area contributed by atoms with E-state index in [4.69, 9.17) is 22.1 Å². The fourth-order valence-corrected chi connectivity index (χ4v) is 4.87. The van der Waals surface area contributed by atoms with E-state index in [0.717, 1.165) is 18.8 Å². The molecule has 0 saturated carbocycles. The first-order chi connectivity index (χ1) is 17.8. The van der Waals surface area contributed by atoms with E-state index in [2.05, 4.69) is 55.9 Å². The molecule has 12 heteroatoms. The molecule has 5 rings (SSSR count). The van der Waals surface area contributed by atoms with Crippen molar-refractivity contribution in [2.45, 2.75) is 25.9 Å². The third-order valence-corrected chi connectivity index (χ3v) is 7.39.